The number of benzene rings is 1. The van der Waals surface area contributed by atoms with Crippen LogP contribution in [0.2, 0.25) is 5.02 Å². The summed E-state index contributed by atoms with van der Waals surface area (Å²) in [4.78, 5) is 0. The van der Waals surface area contributed by atoms with Crippen molar-refractivity contribution in [3.63, 3.8) is 0 Å². The van der Waals surface area contributed by atoms with E-state index in [2.05, 4.69) is 10.2 Å². The van der Waals surface area contributed by atoms with E-state index in [9.17, 15) is 13.2 Å². The number of hydrogen-bond donors (Lipinski definition) is 1. The maximum absolute atomic E-state index is 12.3. The van der Waals surface area contributed by atoms with Crippen LogP contribution in [-0.2, 0) is 12.7 Å². The van der Waals surface area contributed by atoms with Crippen molar-refractivity contribution < 1.29 is 17.9 Å². The lowest BCUT2D eigenvalue weighted by Gasteiger charge is -2.08. The van der Waals surface area contributed by atoms with E-state index in [1.807, 2.05) is 0 Å². The van der Waals surface area contributed by atoms with Gasteiger partial charge in [0.15, 0.2) is 5.69 Å². The topological polar surface area (TPSA) is 61.0 Å². The van der Waals surface area contributed by atoms with Crippen molar-refractivity contribution >= 4 is 11.6 Å². The van der Waals surface area contributed by atoms with E-state index < -0.39 is 11.9 Å². The Bertz CT molecular complexity index is 602. The van der Waals surface area contributed by atoms with E-state index in [0.717, 1.165) is 17.7 Å². The molecule has 0 aliphatic carbocycles. The zero-order valence-corrected chi connectivity index (χ0v) is 10.7. The Morgan fingerprint density at radius 2 is 1.90 bits per heavy atom. The monoisotopic (exact) mass is 303 g/mol. The molecule has 0 saturated heterocycles. The van der Waals surface area contributed by atoms with Crippen LogP contribution in [0.5, 0.6) is 11.6 Å². The number of hydrogen-bond acceptors (Lipinski definition) is 4. The van der Waals surface area contributed by atoms with Crippen molar-refractivity contribution in [2.75, 3.05) is 0 Å². The highest BCUT2D eigenvalue weighted by atomic mass is 35.5. The van der Waals surface area contributed by atoms with Crippen LogP contribution in [0.15, 0.2) is 30.3 Å². The molecule has 0 bridgehead atoms. The quantitative estimate of drug-likeness (QED) is 0.944. The lowest BCUT2D eigenvalue weighted by atomic mass is 10.2. The lowest BCUT2D eigenvalue weighted by Crippen LogP contribution is -2.08. The molecular weight excluding hydrogens is 295 g/mol. The van der Waals surface area contributed by atoms with Gasteiger partial charge in [0.05, 0.1) is 5.02 Å². The van der Waals surface area contributed by atoms with Gasteiger partial charge in [-0.15, -0.1) is 10.2 Å². The van der Waals surface area contributed by atoms with Crippen LogP contribution in [0, 0.1) is 0 Å². The normalized spacial score (nSPS) is 11.4. The van der Waals surface area contributed by atoms with Crippen molar-refractivity contribution in [1.29, 1.82) is 0 Å². The molecule has 0 amide bonds. The molecular formula is C12H9ClF3N3O. The lowest BCUT2D eigenvalue weighted by molar-refractivity contribution is -0.141. The van der Waals surface area contributed by atoms with Gasteiger partial charge in [-0.1, -0.05) is 17.7 Å². The summed E-state index contributed by atoms with van der Waals surface area (Å²) in [6.45, 7) is 0.320. The van der Waals surface area contributed by atoms with Crippen LogP contribution in [-0.4, -0.2) is 10.2 Å². The van der Waals surface area contributed by atoms with E-state index in [1.54, 1.807) is 18.2 Å². The maximum atomic E-state index is 12.3. The average Bonchev–Trinajstić information content (AvgIpc) is 2.40. The van der Waals surface area contributed by atoms with Crippen molar-refractivity contribution in [2.45, 2.75) is 12.7 Å². The van der Waals surface area contributed by atoms with Crippen LogP contribution < -0.4 is 10.5 Å². The number of ether oxygens (including phenoxy) is 1. The smallest absolute Gasteiger partial charge is 0.435 e. The second-order valence-electron chi connectivity index (χ2n) is 3.83. The third-order valence-electron chi connectivity index (χ3n) is 2.38. The van der Waals surface area contributed by atoms with Crippen LogP contribution in [0.3, 0.4) is 0 Å². The summed E-state index contributed by atoms with van der Waals surface area (Å²) >= 11 is 5.95. The van der Waals surface area contributed by atoms with Crippen LogP contribution in [0.25, 0.3) is 0 Å². The Hall–Kier alpha value is -1.86. The summed E-state index contributed by atoms with van der Waals surface area (Å²) in [6.07, 6.45) is -4.54. The summed E-state index contributed by atoms with van der Waals surface area (Å²) in [5.74, 6) is 0.179. The standard InChI is InChI=1S/C12H9ClF3N3O/c13-8-5-7(6-17)1-2-9(8)20-11-4-3-10(18-19-11)12(14,15)16/h1-5H,6,17H2. The molecule has 106 valence electrons. The molecule has 2 N–H and O–H groups in total. The van der Waals surface area contributed by atoms with Gasteiger partial charge in [-0.25, -0.2) is 0 Å². The van der Waals surface area contributed by atoms with Gasteiger partial charge < -0.3 is 10.5 Å². The fourth-order valence-corrected chi connectivity index (χ4v) is 1.63. The first-order chi connectivity index (χ1) is 9.40. The molecule has 1 heterocycles. The van der Waals surface area contributed by atoms with E-state index in [1.165, 1.54) is 0 Å². The van der Waals surface area contributed by atoms with Gasteiger partial charge in [0.2, 0.25) is 5.88 Å². The Morgan fingerprint density at radius 1 is 1.15 bits per heavy atom. The first-order valence-corrected chi connectivity index (χ1v) is 5.85. The van der Waals surface area contributed by atoms with Crippen LogP contribution >= 0.6 is 11.6 Å². The molecule has 1 aromatic carbocycles. The number of nitrogens with zero attached hydrogens (tertiary/aromatic N) is 2. The molecule has 0 unspecified atom stereocenters. The minimum atomic E-state index is -4.54. The number of nitrogens with two attached hydrogens (primary N) is 1. The minimum Gasteiger partial charge on any atom is -0.436 e. The van der Waals surface area contributed by atoms with Gasteiger partial charge in [-0.2, -0.15) is 13.2 Å². The van der Waals surface area contributed by atoms with Crippen molar-refractivity contribution in [1.82, 2.24) is 10.2 Å². The number of halogens is 4. The molecule has 1 aromatic heterocycles. The van der Waals surface area contributed by atoms with Crippen molar-refractivity contribution in [3.8, 4) is 11.6 Å². The molecule has 0 fully saturated rings. The van der Waals surface area contributed by atoms with Gasteiger partial charge in [0.25, 0.3) is 0 Å². The Morgan fingerprint density at radius 3 is 2.40 bits per heavy atom. The van der Waals surface area contributed by atoms with Crippen LogP contribution in [0.1, 0.15) is 11.3 Å². The first-order valence-electron chi connectivity index (χ1n) is 5.47. The number of rotatable bonds is 3. The largest absolute Gasteiger partial charge is 0.436 e. The van der Waals surface area contributed by atoms with E-state index in [4.69, 9.17) is 22.1 Å². The maximum Gasteiger partial charge on any atom is 0.435 e. The summed E-state index contributed by atoms with van der Waals surface area (Å²) in [5, 5.41) is 6.68. The molecule has 8 heteroatoms. The van der Waals surface area contributed by atoms with Gasteiger partial charge in [0, 0.05) is 12.6 Å². The average molecular weight is 304 g/mol. The van der Waals surface area contributed by atoms with E-state index in [0.29, 0.717) is 6.54 Å². The summed E-state index contributed by atoms with van der Waals surface area (Å²) in [7, 11) is 0. The Balaban J connectivity index is 2.18. The highest BCUT2D eigenvalue weighted by molar-refractivity contribution is 6.32. The zero-order chi connectivity index (χ0) is 14.8. The highest BCUT2D eigenvalue weighted by Crippen LogP contribution is 2.31. The minimum absolute atomic E-state index is 0.0830. The molecule has 0 spiro atoms. The van der Waals surface area contributed by atoms with E-state index >= 15 is 0 Å². The number of aromatic nitrogens is 2. The third kappa shape index (κ3) is 3.37. The molecule has 0 aliphatic rings. The zero-order valence-electron chi connectivity index (χ0n) is 9.99. The second kappa shape index (κ2) is 5.64. The predicted molar refractivity (Wildman–Crippen MR) is 66.5 cm³/mol. The fourth-order valence-electron chi connectivity index (χ4n) is 1.39. The molecule has 0 atom stereocenters. The Kier molecular flexibility index (Phi) is 4.10. The highest BCUT2D eigenvalue weighted by Gasteiger charge is 2.33. The van der Waals surface area contributed by atoms with Gasteiger partial charge in [0.1, 0.15) is 5.75 Å². The SMILES string of the molecule is NCc1ccc(Oc2ccc(C(F)(F)F)nn2)c(Cl)c1. The third-order valence-corrected chi connectivity index (χ3v) is 2.67. The molecule has 2 aromatic rings. The van der Waals surface area contributed by atoms with Gasteiger partial charge in [-0.3, -0.25) is 0 Å². The van der Waals surface area contributed by atoms with Gasteiger partial charge >= 0.3 is 6.18 Å². The van der Waals surface area contributed by atoms with Crippen molar-refractivity contribution in [2.24, 2.45) is 5.73 Å². The molecule has 0 radical (unpaired) electrons. The van der Waals surface area contributed by atoms with E-state index in [-0.39, 0.29) is 16.7 Å². The Labute approximate surface area is 117 Å². The summed E-state index contributed by atoms with van der Waals surface area (Å²) in [5.41, 5.74) is 5.17. The van der Waals surface area contributed by atoms with Crippen molar-refractivity contribution in [3.05, 3.63) is 46.6 Å². The molecule has 4 nitrogen and oxygen atoms in total. The second-order valence-corrected chi connectivity index (χ2v) is 4.23. The summed E-state index contributed by atoms with van der Waals surface area (Å²) in [6, 6.07) is 6.71. The predicted octanol–water partition coefficient (Wildman–Crippen LogP) is 3.40. The molecule has 2 rings (SSSR count). The first kappa shape index (κ1) is 14.5. The van der Waals surface area contributed by atoms with Crippen LogP contribution in [0.4, 0.5) is 13.2 Å². The fraction of sp³-hybridized carbons (Fsp3) is 0.167. The summed E-state index contributed by atoms with van der Waals surface area (Å²) < 4.78 is 42.2. The molecule has 0 aliphatic heterocycles. The number of alkyl halides is 3. The molecule has 20 heavy (non-hydrogen) atoms. The van der Waals surface area contributed by atoms with Gasteiger partial charge in [-0.05, 0) is 23.8 Å². The molecule has 0 saturated carbocycles.